The lowest BCUT2D eigenvalue weighted by Crippen LogP contribution is -2.66. The van der Waals surface area contributed by atoms with Gasteiger partial charge in [-0.25, -0.2) is 5.01 Å². The third-order valence-corrected chi connectivity index (χ3v) is 7.05. The van der Waals surface area contributed by atoms with Crippen molar-refractivity contribution in [3.63, 3.8) is 0 Å². The molecule has 160 valence electrons. The number of unbranched alkanes of at least 4 members (excludes halogenated alkanes) is 3. The first kappa shape index (κ1) is 22.4. The number of hydrogen-bond donors (Lipinski definition) is 0. The fraction of sp³-hybridized carbons (Fsp3) is 0.440. The van der Waals surface area contributed by atoms with Gasteiger partial charge in [0.25, 0.3) is 0 Å². The Balaban J connectivity index is 1.45. The number of carbonyl (C=O) groups is 2. The zero-order chi connectivity index (χ0) is 21.3. The van der Waals surface area contributed by atoms with Crippen LogP contribution in [0.2, 0.25) is 0 Å². The molecule has 30 heavy (non-hydrogen) atoms. The Hall–Kier alpha value is -2.27. The molecule has 0 bridgehead atoms. The number of thioether (sulfide) groups is 1. The van der Waals surface area contributed by atoms with Crippen molar-refractivity contribution in [1.82, 2.24) is 10.0 Å². The van der Waals surface area contributed by atoms with E-state index in [1.807, 2.05) is 31.2 Å². The smallest absolute Gasteiger partial charge is 0.248 e. The van der Waals surface area contributed by atoms with Crippen molar-refractivity contribution in [2.45, 2.75) is 57.1 Å². The van der Waals surface area contributed by atoms with Crippen LogP contribution in [0.5, 0.6) is 0 Å². The molecule has 0 N–H and O–H groups in total. The number of hydrogen-bond acceptors (Lipinski definition) is 3. The van der Waals surface area contributed by atoms with Gasteiger partial charge in [-0.1, -0.05) is 80.4 Å². The summed E-state index contributed by atoms with van der Waals surface area (Å²) in [5.41, 5.74) is 2.61. The van der Waals surface area contributed by atoms with Gasteiger partial charge in [0, 0.05) is 19.2 Å². The number of rotatable bonds is 11. The average molecular weight is 425 g/mol. The number of hydrazine groups is 1. The zero-order valence-corrected chi connectivity index (χ0v) is 18.8. The Morgan fingerprint density at radius 1 is 0.933 bits per heavy atom. The summed E-state index contributed by atoms with van der Waals surface area (Å²) >= 11 is 1.74. The largest absolute Gasteiger partial charge is 0.273 e. The number of nitrogens with zero attached hydrogens (tertiary/aromatic N) is 2. The van der Waals surface area contributed by atoms with E-state index < -0.39 is 0 Å². The zero-order valence-electron chi connectivity index (χ0n) is 18.0. The molecule has 0 saturated carbocycles. The van der Waals surface area contributed by atoms with Crippen molar-refractivity contribution in [2.75, 3.05) is 6.54 Å². The minimum Gasteiger partial charge on any atom is -0.273 e. The lowest BCUT2D eigenvalue weighted by Gasteiger charge is -2.50. The van der Waals surface area contributed by atoms with Gasteiger partial charge in [0.1, 0.15) is 5.37 Å². The number of aryl methyl sites for hydroxylation is 1. The Morgan fingerprint density at radius 2 is 1.53 bits per heavy atom. The summed E-state index contributed by atoms with van der Waals surface area (Å²) in [6.45, 7) is 4.13. The topological polar surface area (TPSA) is 40.6 Å². The molecule has 0 aromatic heterocycles. The van der Waals surface area contributed by atoms with Crippen molar-refractivity contribution < 1.29 is 9.59 Å². The quantitative estimate of drug-likeness (QED) is 0.363. The van der Waals surface area contributed by atoms with Crippen LogP contribution in [0.1, 0.15) is 50.7 Å². The van der Waals surface area contributed by atoms with E-state index in [0.717, 1.165) is 37.9 Å². The van der Waals surface area contributed by atoms with Gasteiger partial charge in [0.15, 0.2) is 0 Å². The number of benzene rings is 2. The molecule has 2 atom stereocenters. The maximum absolute atomic E-state index is 12.5. The molecule has 1 aliphatic rings. The number of amides is 2. The second kappa shape index (κ2) is 11.2. The van der Waals surface area contributed by atoms with Gasteiger partial charge in [-0.05, 0) is 30.4 Å². The lowest BCUT2D eigenvalue weighted by molar-refractivity contribution is -0.185. The highest BCUT2D eigenvalue weighted by atomic mass is 32.2. The monoisotopic (exact) mass is 424 g/mol. The van der Waals surface area contributed by atoms with Gasteiger partial charge in [-0.15, -0.1) is 11.8 Å². The third-order valence-electron chi connectivity index (χ3n) is 5.60. The Kier molecular flexibility index (Phi) is 8.38. The van der Waals surface area contributed by atoms with Gasteiger partial charge in [-0.3, -0.25) is 14.6 Å². The van der Waals surface area contributed by atoms with Crippen molar-refractivity contribution >= 4 is 23.6 Å². The van der Waals surface area contributed by atoms with Crippen LogP contribution in [-0.4, -0.2) is 33.8 Å². The Morgan fingerprint density at radius 3 is 2.17 bits per heavy atom. The van der Waals surface area contributed by atoms with Gasteiger partial charge < -0.3 is 0 Å². The van der Waals surface area contributed by atoms with Gasteiger partial charge in [0.2, 0.25) is 11.8 Å². The molecule has 2 aromatic rings. The molecule has 4 nitrogen and oxygen atoms in total. The van der Waals surface area contributed by atoms with E-state index in [1.54, 1.807) is 28.7 Å². The van der Waals surface area contributed by atoms with Gasteiger partial charge in [0.05, 0.1) is 5.92 Å². The summed E-state index contributed by atoms with van der Waals surface area (Å²) in [4.78, 5) is 24.8. The van der Waals surface area contributed by atoms with Gasteiger partial charge >= 0.3 is 0 Å². The van der Waals surface area contributed by atoms with E-state index in [9.17, 15) is 9.59 Å². The first-order valence-corrected chi connectivity index (χ1v) is 11.9. The van der Waals surface area contributed by atoms with E-state index in [1.165, 1.54) is 11.1 Å². The molecule has 1 heterocycles. The van der Waals surface area contributed by atoms with Crippen LogP contribution in [0.3, 0.4) is 0 Å². The van der Waals surface area contributed by atoms with Gasteiger partial charge in [-0.2, -0.15) is 0 Å². The van der Waals surface area contributed by atoms with E-state index in [-0.39, 0.29) is 23.1 Å². The Bertz CT molecular complexity index is 812. The van der Waals surface area contributed by atoms with Crippen LogP contribution in [-0.2, 0) is 21.8 Å². The summed E-state index contributed by atoms with van der Waals surface area (Å²) in [5.74, 6) is 0.793. The molecular formula is C25H32N2O2S. The second-order valence-electron chi connectivity index (χ2n) is 7.95. The van der Waals surface area contributed by atoms with Crippen molar-refractivity contribution in [1.29, 1.82) is 0 Å². The number of carbonyl (C=O) groups excluding carboxylic acids is 2. The van der Waals surface area contributed by atoms with E-state index in [2.05, 4.69) is 36.4 Å². The van der Waals surface area contributed by atoms with Crippen LogP contribution in [0.4, 0.5) is 0 Å². The molecule has 3 rings (SSSR count). The minimum absolute atomic E-state index is 0.0275. The molecule has 2 amide bonds. The summed E-state index contributed by atoms with van der Waals surface area (Å²) in [6, 6.07) is 20.8. The third kappa shape index (κ3) is 5.88. The predicted octanol–water partition coefficient (Wildman–Crippen LogP) is 5.29. The van der Waals surface area contributed by atoms with Crippen molar-refractivity contribution in [3.8, 4) is 0 Å². The fourth-order valence-electron chi connectivity index (χ4n) is 3.82. The lowest BCUT2D eigenvalue weighted by atomic mass is 10.0. The highest BCUT2D eigenvalue weighted by molar-refractivity contribution is 7.99. The molecule has 0 radical (unpaired) electrons. The van der Waals surface area contributed by atoms with E-state index in [4.69, 9.17) is 0 Å². The van der Waals surface area contributed by atoms with E-state index >= 15 is 0 Å². The van der Waals surface area contributed by atoms with E-state index in [0.29, 0.717) is 6.54 Å². The molecule has 1 saturated heterocycles. The summed E-state index contributed by atoms with van der Waals surface area (Å²) < 4.78 is 0. The maximum Gasteiger partial charge on any atom is 0.248 e. The van der Waals surface area contributed by atoms with Crippen LogP contribution in [0.15, 0.2) is 60.7 Å². The fourth-order valence-corrected chi connectivity index (χ4v) is 5.14. The summed E-state index contributed by atoms with van der Waals surface area (Å²) in [7, 11) is 0. The second-order valence-corrected chi connectivity index (χ2v) is 9.06. The molecule has 1 aliphatic heterocycles. The highest BCUT2D eigenvalue weighted by Crippen LogP contribution is 2.38. The SMILES string of the molecule is CC(=O)N(CCCCCCc1ccccc1)N1C(=O)C(C)C1SCc1ccccc1. The first-order valence-electron chi connectivity index (χ1n) is 10.9. The first-order chi connectivity index (χ1) is 14.6. The molecule has 0 aliphatic carbocycles. The molecule has 1 fully saturated rings. The highest BCUT2D eigenvalue weighted by Gasteiger charge is 2.48. The van der Waals surface area contributed by atoms with Crippen LogP contribution < -0.4 is 0 Å². The van der Waals surface area contributed by atoms with Crippen LogP contribution >= 0.6 is 11.8 Å². The predicted molar refractivity (Wildman–Crippen MR) is 124 cm³/mol. The average Bonchev–Trinajstić information content (AvgIpc) is 2.77. The summed E-state index contributed by atoms with van der Waals surface area (Å²) in [6.07, 6.45) is 5.37. The Labute approximate surface area is 184 Å². The standard InChI is InChI=1S/C25H32N2O2S/c1-20-24(29)27(25(20)30-19-23-16-10-6-11-17-23)26(21(2)28)18-12-4-3-7-13-22-14-8-5-9-15-22/h5-6,8-11,14-17,20,25H,3-4,7,12-13,18-19H2,1-2H3. The minimum atomic E-state index is -0.0511. The molecule has 2 aromatic carbocycles. The van der Waals surface area contributed by atoms with Crippen molar-refractivity contribution in [3.05, 3.63) is 71.8 Å². The molecular weight excluding hydrogens is 392 g/mol. The molecule has 2 unspecified atom stereocenters. The normalized spacial score (nSPS) is 18.2. The molecule has 0 spiro atoms. The van der Waals surface area contributed by atoms with Crippen LogP contribution in [0, 0.1) is 5.92 Å². The number of β-lactam (4-membered cyclic amide) rings is 1. The van der Waals surface area contributed by atoms with Crippen LogP contribution in [0.25, 0.3) is 0 Å². The molecule has 5 heteroatoms. The van der Waals surface area contributed by atoms with Crippen molar-refractivity contribution in [2.24, 2.45) is 5.92 Å². The summed E-state index contributed by atoms with van der Waals surface area (Å²) in [5, 5.41) is 3.40. The maximum atomic E-state index is 12.5.